The molecule has 0 saturated heterocycles. The number of rotatable bonds is 5. The normalized spacial score (nSPS) is 12.7. The van der Waals surface area contributed by atoms with Gasteiger partial charge in [0.05, 0.1) is 10.9 Å². The summed E-state index contributed by atoms with van der Waals surface area (Å²) in [5.74, 6) is -0.244. The van der Waals surface area contributed by atoms with E-state index in [1.165, 1.54) is 24.3 Å². The number of amides is 1. The summed E-state index contributed by atoms with van der Waals surface area (Å²) in [6, 6.07) is 13.1. The van der Waals surface area contributed by atoms with Crippen molar-refractivity contribution in [2.24, 2.45) is 0 Å². The highest BCUT2D eigenvalue weighted by Gasteiger charge is 2.15. The Hall–Kier alpha value is -1.85. The first kappa shape index (κ1) is 17.5. The molecule has 0 bridgehead atoms. The number of benzene rings is 2. The highest BCUT2D eigenvalue weighted by atomic mass is 35.5. The lowest BCUT2D eigenvalue weighted by molar-refractivity contribution is 0.0935. The number of carbonyl (C=O) groups is 1. The van der Waals surface area contributed by atoms with E-state index >= 15 is 0 Å². The van der Waals surface area contributed by atoms with Gasteiger partial charge in [0, 0.05) is 16.8 Å². The topological polar surface area (TPSA) is 63.2 Å². The fraction of sp³-hybridized carbons (Fsp3) is 0.235. The first-order chi connectivity index (χ1) is 10.8. The van der Waals surface area contributed by atoms with Crippen LogP contribution in [0.25, 0.3) is 0 Å². The molecule has 0 radical (unpaired) electrons. The third-order valence-electron chi connectivity index (χ3n) is 3.53. The van der Waals surface area contributed by atoms with Crippen molar-refractivity contribution in [2.75, 3.05) is 6.26 Å². The molecule has 1 N–H and O–H groups in total. The predicted octanol–water partition coefficient (Wildman–Crippen LogP) is 3.62. The van der Waals surface area contributed by atoms with Crippen LogP contribution in [-0.4, -0.2) is 20.6 Å². The van der Waals surface area contributed by atoms with Crippen molar-refractivity contribution in [2.45, 2.75) is 24.3 Å². The highest BCUT2D eigenvalue weighted by molar-refractivity contribution is 7.90. The van der Waals surface area contributed by atoms with Crippen LogP contribution in [-0.2, 0) is 9.84 Å². The zero-order valence-electron chi connectivity index (χ0n) is 12.9. The van der Waals surface area contributed by atoms with E-state index in [0.717, 1.165) is 18.2 Å². The van der Waals surface area contributed by atoms with Crippen molar-refractivity contribution in [3.63, 3.8) is 0 Å². The number of halogens is 1. The molecule has 6 heteroatoms. The van der Waals surface area contributed by atoms with Gasteiger partial charge >= 0.3 is 0 Å². The maximum atomic E-state index is 12.3. The zero-order chi connectivity index (χ0) is 17.0. The lowest BCUT2D eigenvalue weighted by Gasteiger charge is -2.17. The highest BCUT2D eigenvalue weighted by Crippen LogP contribution is 2.20. The van der Waals surface area contributed by atoms with Gasteiger partial charge in [-0.15, -0.1) is 0 Å². The molecule has 0 heterocycles. The van der Waals surface area contributed by atoms with Gasteiger partial charge in [-0.2, -0.15) is 0 Å². The summed E-state index contributed by atoms with van der Waals surface area (Å²) in [6.45, 7) is 1.98. The Labute approximate surface area is 141 Å². The molecule has 2 rings (SSSR count). The molecule has 23 heavy (non-hydrogen) atoms. The maximum absolute atomic E-state index is 12.3. The van der Waals surface area contributed by atoms with Gasteiger partial charge in [-0.1, -0.05) is 30.7 Å². The van der Waals surface area contributed by atoms with Crippen LogP contribution in [0.5, 0.6) is 0 Å². The van der Waals surface area contributed by atoms with Crippen LogP contribution in [0.4, 0.5) is 0 Å². The lowest BCUT2D eigenvalue weighted by Crippen LogP contribution is -2.28. The van der Waals surface area contributed by atoms with Crippen LogP contribution in [0.15, 0.2) is 53.4 Å². The largest absolute Gasteiger partial charge is 0.345 e. The summed E-state index contributed by atoms with van der Waals surface area (Å²) in [6.07, 6.45) is 1.87. The monoisotopic (exact) mass is 351 g/mol. The van der Waals surface area contributed by atoms with Gasteiger partial charge in [0.15, 0.2) is 9.84 Å². The minimum atomic E-state index is -3.26. The number of hydrogen-bond acceptors (Lipinski definition) is 3. The van der Waals surface area contributed by atoms with Crippen LogP contribution >= 0.6 is 11.6 Å². The van der Waals surface area contributed by atoms with Crippen molar-refractivity contribution in [1.82, 2.24) is 5.32 Å². The zero-order valence-corrected chi connectivity index (χ0v) is 14.5. The molecule has 0 aliphatic carbocycles. The summed E-state index contributed by atoms with van der Waals surface area (Å²) in [4.78, 5) is 12.5. The van der Waals surface area contributed by atoms with E-state index in [1.54, 1.807) is 12.1 Å². The van der Waals surface area contributed by atoms with Crippen LogP contribution in [0.1, 0.15) is 35.3 Å². The molecular weight excluding hydrogens is 334 g/mol. The third kappa shape index (κ3) is 4.56. The van der Waals surface area contributed by atoms with E-state index in [0.29, 0.717) is 10.6 Å². The van der Waals surface area contributed by atoms with E-state index in [9.17, 15) is 13.2 Å². The maximum Gasteiger partial charge on any atom is 0.251 e. The Morgan fingerprint density at radius 2 is 1.65 bits per heavy atom. The Morgan fingerprint density at radius 1 is 1.09 bits per heavy atom. The molecule has 0 spiro atoms. The van der Waals surface area contributed by atoms with Crippen LogP contribution in [0.2, 0.25) is 5.02 Å². The summed E-state index contributed by atoms with van der Waals surface area (Å²) in [7, 11) is -3.26. The van der Waals surface area contributed by atoms with Crippen LogP contribution in [0.3, 0.4) is 0 Å². The minimum Gasteiger partial charge on any atom is -0.345 e. The van der Waals surface area contributed by atoms with Crippen molar-refractivity contribution < 1.29 is 13.2 Å². The van der Waals surface area contributed by atoms with Crippen LogP contribution < -0.4 is 5.32 Å². The van der Waals surface area contributed by atoms with E-state index < -0.39 is 9.84 Å². The third-order valence-corrected chi connectivity index (χ3v) is 4.91. The molecule has 0 aromatic heterocycles. The lowest BCUT2D eigenvalue weighted by atomic mass is 10.0. The molecule has 4 nitrogen and oxygen atoms in total. The van der Waals surface area contributed by atoms with Gasteiger partial charge in [-0.3, -0.25) is 4.79 Å². The second-order valence-corrected chi connectivity index (χ2v) is 7.73. The molecule has 0 aliphatic heterocycles. The van der Waals surface area contributed by atoms with Gasteiger partial charge in [-0.05, 0) is 48.4 Å². The molecule has 2 aromatic carbocycles. The number of hydrogen-bond donors (Lipinski definition) is 1. The molecule has 1 atom stereocenters. The first-order valence-electron chi connectivity index (χ1n) is 7.17. The van der Waals surface area contributed by atoms with Gasteiger partial charge < -0.3 is 5.32 Å². The van der Waals surface area contributed by atoms with E-state index in [1.807, 2.05) is 19.1 Å². The van der Waals surface area contributed by atoms with Gasteiger partial charge in [0.2, 0.25) is 0 Å². The predicted molar refractivity (Wildman–Crippen MR) is 91.5 cm³/mol. The molecule has 2 aromatic rings. The van der Waals surface area contributed by atoms with Gasteiger partial charge in [-0.25, -0.2) is 8.42 Å². The molecule has 1 amide bonds. The summed E-state index contributed by atoms with van der Waals surface area (Å²) < 4.78 is 22.9. The summed E-state index contributed by atoms with van der Waals surface area (Å²) in [5, 5.41) is 3.59. The smallest absolute Gasteiger partial charge is 0.251 e. The van der Waals surface area contributed by atoms with Gasteiger partial charge in [0.1, 0.15) is 0 Å². The van der Waals surface area contributed by atoms with Crippen molar-refractivity contribution >= 4 is 27.3 Å². The average molecular weight is 352 g/mol. The quantitative estimate of drug-likeness (QED) is 0.894. The van der Waals surface area contributed by atoms with E-state index in [2.05, 4.69) is 5.32 Å². The second kappa shape index (κ2) is 7.15. The van der Waals surface area contributed by atoms with E-state index in [-0.39, 0.29) is 16.8 Å². The fourth-order valence-electron chi connectivity index (χ4n) is 2.21. The van der Waals surface area contributed by atoms with Crippen LogP contribution in [0, 0.1) is 0 Å². The Kier molecular flexibility index (Phi) is 5.44. The number of carbonyl (C=O) groups excluding carboxylic acids is 1. The molecular formula is C17H18ClNO3S. The van der Waals surface area contributed by atoms with Crippen molar-refractivity contribution in [3.05, 3.63) is 64.7 Å². The SMILES string of the molecule is CCC(NC(=O)c1ccc(S(C)(=O)=O)cc1)c1ccc(Cl)cc1. The Balaban J connectivity index is 2.15. The number of sulfone groups is 1. The molecule has 0 fully saturated rings. The molecule has 0 aliphatic rings. The fourth-order valence-corrected chi connectivity index (χ4v) is 2.97. The molecule has 0 saturated carbocycles. The van der Waals surface area contributed by atoms with Crippen molar-refractivity contribution in [3.8, 4) is 0 Å². The number of nitrogens with one attached hydrogen (secondary N) is 1. The van der Waals surface area contributed by atoms with Crippen molar-refractivity contribution in [1.29, 1.82) is 0 Å². The second-order valence-electron chi connectivity index (χ2n) is 5.28. The summed E-state index contributed by atoms with van der Waals surface area (Å²) in [5.41, 5.74) is 1.39. The summed E-state index contributed by atoms with van der Waals surface area (Å²) >= 11 is 5.88. The molecule has 1 unspecified atom stereocenters. The standard InChI is InChI=1S/C17H18ClNO3S/c1-3-16(12-4-8-14(18)9-5-12)19-17(20)13-6-10-15(11-7-13)23(2,21)22/h4-11,16H,3H2,1-2H3,(H,19,20). The average Bonchev–Trinajstić information content (AvgIpc) is 2.52. The Bertz CT molecular complexity index is 784. The molecule has 122 valence electrons. The first-order valence-corrected chi connectivity index (χ1v) is 9.44. The van der Waals surface area contributed by atoms with Gasteiger partial charge in [0.25, 0.3) is 5.91 Å². The minimum absolute atomic E-state index is 0.130. The Morgan fingerprint density at radius 3 is 2.13 bits per heavy atom. The van der Waals surface area contributed by atoms with E-state index in [4.69, 9.17) is 11.6 Å².